The number of halogens is 2. The Morgan fingerprint density at radius 1 is 1.67 bits per heavy atom. The molecule has 0 heterocycles. The van der Waals surface area contributed by atoms with Crippen molar-refractivity contribution in [3.8, 4) is 0 Å². The van der Waals surface area contributed by atoms with Crippen LogP contribution in [0.15, 0.2) is 28.4 Å². The quantitative estimate of drug-likeness (QED) is 0.440. The van der Waals surface area contributed by atoms with Crippen LogP contribution in [0.1, 0.15) is 13.3 Å². The van der Waals surface area contributed by atoms with Gasteiger partial charge in [0.05, 0.1) is 5.70 Å². The Hall–Kier alpha value is -1.28. The van der Waals surface area contributed by atoms with Gasteiger partial charge in [0.15, 0.2) is 5.83 Å². The Morgan fingerprint density at radius 2 is 2.33 bits per heavy atom. The van der Waals surface area contributed by atoms with Gasteiger partial charge < -0.3 is 0 Å². The van der Waals surface area contributed by atoms with Crippen LogP contribution in [-0.2, 0) is 4.79 Å². The first-order valence-electron chi connectivity index (χ1n) is 3.48. The van der Waals surface area contributed by atoms with Crippen molar-refractivity contribution in [1.29, 1.82) is 0 Å². The molecule has 0 saturated heterocycles. The minimum Gasteiger partial charge on any atom is -0.211 e. The summed E-state index contributed by atoms with van der Waals surface area (Å²) in [6, 6.07) is 0. The maximum absolute atomic E-state index is 12.6. The van der Waals surface area contributed by atoms with E-state index in [0.29, 0.717) is 0 Å². The normalized spacial score (nSPS) is 23.2. The summed E-state index contributed by atoms with van der Waals surface area (Å²) in [6.07, 6.45) is 2.18. The van der Waals surface area contributed by atoms with Gasteiger partial charge >= 0.3 is 0 Å². The van der Waals surface area contributed by atoms with Crippen LogP contribution in [-0.4, -0.2) is 6.08 Å². The molecule has 0 aromatic rings. The van der Waals surface area contributed by atoms with Gasteiger partial charge in [-0.05, 0) is 6.08 Å². The smallest absolute Gasteiger partial charge is 0.211 e. The zero-order chi connectivity index (χ0) is 9.14. The highest BCUT2D eigenvalue weighted by Gasteiger charge is 2.19. The highest BCUT2D eigenvalue weighted by atomic mass is 19.2. The summed E-state index contributed by atoms with van der Waals surface area (Å²) in [5.74, 6) is -1.99. The second-order valence-corrected chi connectivity index (χ2v) is 2.63. The molecule has 0 saturated carbocycles. The highest BCUT2D eigenvalue weighted by Crippen LogP contribution is 2.30. The zero-order valence-electron chi connectivity index (χ0n) is 6.47. The standard InChI is InChI=1S/C8H7F2NO/c1-5-2-6(9)7(10)3-8(5)11-4-12/h3,5H,2H2,1H3. The van der Waals surface area contributed by atoms with Crippen molar-refractivity contribution in [3.63, 3.8) is 0 Å². The van der Waals surface area contributed by atoms with Gasteiger partial charge in [-0.3, -0.25) is 0 Å². The van der Waals surface area contributed by atoms with Crippen LogP contribution in [0.25, 0.3) is 0 Å². The van der Waals surface area contributed by atoms with Crippen molar-refractivity contribution in [2.24, 2.45) is 10.9 Å². The van der Waals surface area contributed by atoms with E-state index < -0.39 is 11.7 Å². The van der Waals surface area contributed by atoms with Crippen molar-refractivity contribution in [2.75, 3.05) is 0 Å². The third-order valence-electron chi connectivity index (χ3n) is 1.70. The average molecular weight is 171 g/mol. The van der Waals surface area contributed by atoms with Gasteiger partial charge in [0.2, 0.25) is 6.08 Å². The lowest BCUT2D eigenvalue weighted by Gasteiger charge is -2.13. The third kappa shape index (κ3) is 1.66. The van der Waals surface area contributed by atoms with E-state index in [1.165, 1.54) is 6.08 Å². The molecule has 1 rings (SSSR count). The fourth-order valence-electron chi connectivity index (χ4n) is 1.02. The van der Waals surface area contributed by atoms with Crippen LogP contribution in [0, 0.1) is 5.92 Å². The van der Waals surface area contributed by atoms with Gasteiger partial charge in [0.1, 0.15) is 5.83 Å². The maximum atomic E-state index is 12.6. The molecule has 0 fully saturated rings. The molecule has 0 N–H and O–H groups in total. The average Bonchev–Trinajstić information content (AvgIpc) is 2.01. The van der Waals surface area contributed by atoms with E-state index in [1.807, 2.05) is 0 Å². The lowest BCUT2D eigenvalue weighted by molar-refractivity contribution is 0.466. The molecular formula is C8H7F2NO. The Bertz CT molecular complexity index is 300. The number of isocyanates is 1. The number of hydrogen-bond acceptors (Lipinski definition) is 2. The predicted octanol–water partition coefficient (Wildman–Crippen LogP) is 2.40. The van der Waals surface area contributed by atoms with Crippen LogP contribution in [0.4, 0.5) is 8.78 Å². The zero-order valence-corrected chi connectivity index (χ0v) is 6.47. The van der Waals surface area contributed by atoms with Crippen molar-refractivity contribution in [2.45, 2.75) is 13.3 Å². The molecule has 2 nitrogen and oxygen atoms in total. The van der Waals surface area contributed by atoms with Crippen LogP contribution in [0.5, 0.6) is 0 Å². The van der Waals surface area contributed by atoms with Crippen LogP contribution in [0.2, 0.25) is 0 Å². The second-order valence-electron chi connectivity index (χ2n) is 2.63. The summed E-state index contributed by atoms with van der Waals surface area (Å²) in [5, 5.41) is 0. The molecule has 0 spiro atoms. The van der Waals surface area contributed by atoms with Crippen molar-refractivity contribution >= 4 is 6.08 Å². The van der Waals surface area contributed by atoms with Gasteiger partial charge in [-0.2, -0.15) is 4.99 Å². The first kappa shape index (κ1) is 8.81. The molecule has 1 aliphatic rings. The lowest BCUT2D eigenvalue weighted by Crippen LogP contribution is -2.03. The fourth-order valence-corrected chi connectivity index (χ4v) is 1.02. The molecule has 12 heavy (non-hydrogen) atoms. The lowest BCUT2D eigenvalue weighted by atomic mass is 9.98. The summed E-state index contributed by atoms with van der Waals surface area (Å²) in [7, 11) is 0. The summed E-state index contributed by atoms with van der Waals surface area (Å²) < 4.78 is 25.1. The molecule has 0 aromatic carbocycles. The number of carbonyl (C=O) groups excluding carboxylic acids is 1. The maximum Gasteiger partial charge on any atom is 0.240 e. The number of nitrogens with zero attached hydrogens (tertiary/aromatic N) is 1. The van der Waals surface area contributed by atoms with Gasteiger partial charge in [-0.15, -0.1) is 0 Å². The van der Waals surface area contributed by atoms with Crippen molar-refractivity contribution in [1.82, 2.24) is 0 Å². The number of aliphatic imine (C=N–C) groups is 1. The topological polar surface area (TPSA) is 29.4 Å². The monoisotopic (exact) mass is 171 g/mol. The van der Waals surface area contributed by atoms with Crippen LogP contribution < -0.4 is 0 Å². The second kappa shape index (κ2) is 3.41. The van der Waals surface area contributed by atoms with E-state index in [1.54, 1.807) is 6.92 Å². The van der Waals surface area contributed by atoms with E-state index in [0.717, 1.165) is 6.08 Å². The van der Waals surface area contributed by atoms with Gasteiger partial charge in [0, 0.05) is 12.3 Å². The van der Waals surface area contributed by atoms with E-state index >= 15 is 0 Å². The molecule has 0 radical (unpaired) electrons. The Labute approximate surface area is 68.3 Å². The summed E-state index contributed by atoms with van der Waals surface area (Å²) in [4.78, 5) is 13.1. The number of hydrogen-bond donors (Lipinski definition) is 0. The SMILES string of the molecule is CC1CC(F)=C(F)C=C1N=C=O. The molecular weight excluding hydrogens is 164 g/mol. The molecule has 0 amide bonds. The Kier molecular flexibility index (Phi) is 2.51. The number of allylic oxidation sites excluding steroid dienone is 4. The summed E-state index contributed by atoms with van der Waals surface area (Å²) in [6.45, 7) is 1.67. The van der Waals surface area contributed by atoms with Gasteiger partial charge in [-0.25, -0.2) is 13.6 Å². The van der Waals surface area contributed by atoms with E-state index in [-0.39, 0.29) is 18.0 Å². The number of rotatable bonds is 1. The van der Waals surface area contributed by atoms with E-state index in [2.05, 4.69) is 4.99 Å². The Morgan fingerprint density at radius 3 is 2.92 bits per heavy atom. The van der Waals surface area contributed by atoms with Gasteiger partial charge in [-0.1, -0.05) is 6.92 Å². The van der Waals surface area contributed by atoms with E-state index in [9.17, 15) is 13.6 Å². The molecule has 0 bridgehead atoms. The molecule has 1 aliphatic carbocycles. The van der Waals surface area contributed by atoms with Crippen LogP contribution >= 0.6 is 0 Å². The largest absolute Gasteiger partial charge is 0.240 e. The molecule has 1 atom stereocenters. The molecule has 4 heteroatoms. The first-order chi connectivity index (χ1) is 5.65. The van der Waals surface area contributed by atoms with Crippen molar-refractivity contribution in [3.05, 3.63) is 23.4 Å². The molecule has 64 valence electrons. The third-order valence-corrected chi connectivity index (χ3v) is 1.70. The van der Waals surface area contributed by atoms with E-state index in [4.69, 9.17) is 0 Å². The summed E-state index contributed by atoms with van der Waals surface area (Å²) >= 11 is 0. The molecule has 0 aromatic heterocycles. The highest BCUT2D eigenvalue weighted by molar-refractivity contribution is 5.40. The summed E-state index contributed by atoms with van der Waals surface area (Å²) in [5.41, 5.74) is 0.240. The first-order valence-corrected chi connectivity index (χ1v) is 3.48. The van der Waals surface area contributed by atoms with Crippen molar-refractivity contribution < 1.29 is 13.6 Å². The minimum atomic E-state index is -0.943. The minimum absolute atomic E-state index is 0.0388. The van der Waals surface area contributed by atoms with Gasteiger partial charge in [0.25, 0.3) is 0 Å². The Balaban J connectivity index is 3.00. The molecule has 1 unspecified atom stereocenters. The fraction of sp³-hybridized carbons (Fsp3) is 0.375. The van der Waals surface area contributed by atoms with Crippen LogP contribution in [0.3, 0.4) is 0 Å². The molecule has 0 aliphatic heterocycles. The predicted molar refractivity (Wildman–Crippen MR) is 39.2 cm³/mol.